The van der Waals surface area contributed by atoms with Crippen molar-refractivity contribution < 1.29 is 9.90 Å². The summed E-state index contributed by atoms with van der Waals surface area (Å²) in [6, 6.07) is 0. The molecule has 1 aliphatic rings. The Morgan fingerprint density at radius 1 is 1.41 bits per heavy atom. The van der Waals surface area contributed by atoms with Gasteiger partial charge in [0.25, 0.3) is 0 Å². The summed E-state index contributed by atoms with van der Waals surface area (Å²) in [5, 5.41) is 12.6. The molecule has 0 aromatic heterocycles. The number of aliphatic carboxylic acids is 1. The molecule has 0 atom stereocenters. The minimum Gasteiger partial charge on any atom is -0.480 e. The van der Waals surface area contributed by atoms with Crippen LogP contribution < -0.4 is 5.32 Å². The van der Waals surface area contributed by atoms with Crippen molar-refractivity contribution >= 4 is 5.97 Å². The van der Waals surface area contributed by atoms with Gasteiger partial charge in [-0.05, 0) is 53.5 Å². The molecule has 0 radical (unpaired) electrons. The number of hydrogen-bond acceptors (Lipinski definition) is 4. The normalized spacial score (nSPS) is 20.7. The third-order valence-electron chi connectivity index (χ3n) is 3.50. The van der Waals surface area contributed by atoms with Crippen molar-refractivity contribution in [3.63, 3.8) is 0 Å². The van der Waals surface area contributed by atoms with Gasteiger partial charge in [-0.3, -0.25) is 4.79 Å². The van der Waals surface area contributed by atoms with Crippen molar-refractivity contribution in [3.8, 4) is 0 Å². The number of carboxylic acids is 1. The van der Waals surface area contributed by atoms with E-state index in [1.54, 1.807) is 0 Å². The lowest BCUT2D eigenvalue weighted by Crippen LogP contribution is -2.58. The lowest BCUT2D eigenvalue weighted by molar-refractivity contribution is -0.147. The Labute approximate surface area is 104 Å². The molecule has 1 rings (SSSR count). The van der Waals surface area contributed by atoms with E-state index in [0.29, 0.717) is 12.8 Å². The van der Waals surface area contributed by atoms with E-state index >= 15 is 0 Å². The maximum absolute atomic E-state index is 11.4. The van der Waals surface area contributed by atoms with Gasteiger partial charge in [0.1, 0.15) is 5.54 Å². The quantitative estimate of drug-likeness (QED) is 0.647. The van der Waals surface area contributed by atoms with Gasteiger partial charge in [-0.1, -0.05) is 0 Å². The Balaban J connectivity index is 2.41. The average molecular weight is 243 g/mol. The Morgan fingerprint density at radius 2 is 2.00 bits per heavy atom. The maximum Gasteiger partial charge on any atom is 0.323 e. The molecular weight excluding hydrogens is 218 g/mol. The molecule has 0 amide bonds. The Hall–Kier alpha value is -0.650. The predicted octanol–water partition coefficient (Wildman–Crippen LogP) is 0.0767. The Kier molecular flexibility index (Phi) is 5.36. The van der Waals surface area contributed by atoms with Gasteiger partial charge < -0.3 is 20.2 Å². The largest absolute Gasteiger partial charge is 0.480 e. The molecule has 1 fully saturated rings. The smallest absolute Gasteiger partial charge is 0.323 e. The van der Waals surface area contributed by atoms with Crippen molar-refractivity contribution in [1.82, 2.24) is 15.1 Å². The fourth-order valence-corrected chi connectivity index (χ4v) is 2.19. The molecule has 1 aliphatic heterocycles. The molecule has 1 saturated heterocycles. The topological polar surface area (TPSA) is 55.8 Å². The molecule has 0 saturated carbocycles. The first-order chi connectivity index (χ1) is 7.96. The number of carbonyl (C=O) groups is 1. The van der Waals surface area contributed by atoms with Crippen molar-refractivity contribution in [2.45, 2.75) is 24.8 Å². The van der Waals surface area contributed by atoms with Gasteiger partial charge in [-0.15, -0.1) is 0 Å². The summed E-state index contributed by atoms with van der Waals surface area (Å²) in [4.78, 5) is 15.7. The number of carboxylic acid groups (broad SMARTS) is 1. The molecule has 17 heavy (non-hydrogen) atoms. The van der Waals surface area contributed by atoms with Crippen LogP contribution in [-0.2, 0) is 4.79 Å². The van der Waals surface area contributed by atoms with Gasteiger partial charge in [0.05, 0.1) is 0 Å². The lowest BCUT2D eigenvalue weighted by Gasteiger charge is -2.38. The maximum atomic E-state index is 11.4. The molecule has 1 heterocycles. The molecule has 5 nitrogen and oxygen atoms in total. The fourth-order valence-electron chi connectivity index (χ4n) is 2.19. The number of rotatable bonds is 6. The lowest BCUT2D eigenvalue weighted by atomic mass is 9.87. The predicted molar refractivity (Wildman–Crippen MR) is 68.3 cm³/mol. The van der Waals surface area contributed by atoms with Gasteiger partial charge in [0, 0.05) is 13.1 Å². The van der Waals surface area contributed by atoms with Crippen LogP contribution in [0.2, 0.25) is 0 Å². The van der Waals surface area contributed by atoms with E-state index < -0.39 is 11.5 Å². The second-order valence-electron chi connectivity index (χ2n) is 5.27. The zero-order valence-electron chi connectivity index (χ0n) is 11.2. The van der Waals surface area contributed by atoms with E-state index in [0.717, 1.165) is 32.6 Å². The van der Waals surface area contributed by atoms with E-state index in [9.17, 15) is 9.90 Å². The molecule has 0 aromatic rings. The summed E-state index contributed by atoms with van der Waals surface area (Å²) < 4.78 is 0. The van der Waals surface area contributed by atoms with E-state index in [2.05, 4.69) is 15.1 Å². The number of likely N-dealkylation sites (tertiary alicyclic amines) is 1. The highest BCUT2D eigenvalue weighted by atomic mass is 16.4. The molecule has 5 heteroatoms. The third-order valence-corrected chi connectivity index (χ3v) is 3.50. The molecule has 0 aromatic carbocycles. The van der Waals surface area contributed by atoms with Crippen LogP contribution in [-0.4, -0.2) is 73.7 Å². The summed E-state index contributed by atoms with van der Waals surface area (Å²) >= 11 is 0. The van der Waals surface area contributed by atoms with Crippen molar-refractivity contribution in [1.29, 1.82) is 0 Å². The first kappa shape index (κ1) is 14.4. The molecule has 0 aliphatic carbocycles. The summed E-state index contributed by atoms with van der Waals surface area (Å²) in [6.45, 7) is 3.47. The van der Waals surface area contributed by atoms with Crippen molar-refractivity contribution in [3.05, 3.63) is 0 Å². The summed E-state index contributed by atoms with van der Waals surface area (Å²) in [5.41, 5.74) is -0.696. The Morgan fingerprint density at radius 3 is 2.47 bits per heavy atom. The second kappa shape index (κ2) is 6.33. The highest BCUT2D eigenvalue weighted by molar-refractivity contribution is 5.79. The van der Waals surface area contributed by atoms with E-state index in [1.807, 2.05) is 21.1 Å². The SMILES string of the molecule is CN(C)CCCNC1(C(=O)O)CCN(C)CC1. The minimum absolute atomic E-state index is 0.695. The van der Waals surface area contributed by atoms with Crippen LogP contribution >= 0.6 is 0 Å². The van der Waals surface area contributed by atoms with Crippen LogP contribution in [0.3, 0.4) is 0 Å². The average Bonchev–Trinajstić information content (AvgIpc) is 2.26. The number of piperidine rings is 1. The van der Waals surface area contributed by atoms with Gasteiger partial charge >= 0.3 is 5.97 Å². The molecule has 100 valence electrons. The van der Waals surface area contributed by atoms with Crippen LogP contribution in [0.1, 0.15) is 19.3 Å². The number of nitrogens with one attached hydrogen (secondary N) is 1. The van der Waals surface area contributed by atoms with Crippen LogP contribution in [0.25, 0.3) is 0 Å². The second-order valence-corrected chi connectivity index (χ2v) is 5.27. The van der Waals surface area contributed by atoms with Gasteiger partial charge in [0.15, 0.2) is 0 Å². The molecule has 0 bridgehead atoms. The molecule has 2 N–H and O–H groups in total. The van der Waals surface area contributed by atoms with Gasteiger partial charge in [-0.2, -0.15) is 0 Å². The van der Waals surface area contributed by atoms with Gasteiger partial charge in [-0.25, -0.2) is 0 Å². The summed E-state index contributed by atoms with van der Waals surface area (Å²) in [7, 11) is 6.10. The number of hydrogen-bond donors (Lipinski definition) is 2. The minimum atomic E-state index is -0.699. The van der Waals surface area contributed by atoms with Crippen LogP contribution in [0, 0.1) is 0 Å². The van der Waals surface area contributed by atoms with Crippen LogP contribution in [0.4, 0.5) is 0 Å². The molecular formula is C12H25N3O2. The first-order valence-electron chi connectivity index (χ1n) is 6.28. The molecule has 0 spiro atoms. The third kappa shape index (κ3) is 4.26. The standard InChI is InChI=1S/C12H25N3O2/c1-14(2)8-4-7-13-12(11(16)17)5-9-15(3)10-6-12/h13H,4-10H2,1-3H3,(H,16,17). The summed E-state index contributed by atoms with van der Waals surface area (Å²) in [6.07, 6.45) is 2.37. The Bertz CT molecular complexity index is 248. The van der Waals surface area contributed by atoms with Crippen LogP contribution in [0.15, 0.2) is 0 Å². The fraction of sp³-hybridized carbons (Fsp3) is 0.917. The van der Waals surface area contributed by atoms with Gasteiger partial charge in [0.2, 0.25) is 0 Å². The zero-order chi connectivity index (χ0) is 12.9. The van der Waals surface area contributed by atoms with Crippen molar-refractivity contribution in [2.24, 2.45) is 0 Å². The monoisotopic (exact) mass is 243 g/mol. The van der Waals surface area contributed by atoms with E-state index in [1.165, 1.54) is 0 Å². The summed E-state index contributed by atoms with van der Waals surface area (Å²) in [5.74, 6) is -0.699. The van der Waals surface area contributed by atoms with E-state index in [-0.39, 0.29) is 0 Å². The van der Waals surface area contributed by atoms with E-state index in [4.69, 9.17) is 0 Å². The highest BCUT2D eigenvalue weighted by Gasteiger charge is 2.40. The van der Waals surface area contributed by atoms with Crippen molar-refractivity contribution in [2.75, 3.05) is 47.3 Å². The zero-order valence-corrected chi connectivity index (χ0v) is 11.2. The number of nitrogens with zero attached hydrogens (tertiary/aromatic N) is 2. The molecule has 0 unspecified atom stereocenters. The van der Waals surface area contributed by atoms with Crippen LogP contribution in [0.5, 0.6) is 0 Å². The highest BCUT2D eigenvalue weighted by Crippen LogP contribution is 2.21. The first-order valence-corrected chi connectivity index (χ1v) is 6.28.